The van der Waals surface area contributed by atoms with E-state index in [0.717, 1.165) is 34.8 Å². The minimum Gasteiger partial charge on any atom is -0.484 e. The lowest BCUT2D eigenvalue weighted by atomic mass is 10.1. The number of benzene rings is 2. The Morgan fingerprint density at radius 3 is 2.53 bits per heavy atom. The van der Waals surface area contributed by atoms with Crippen molar-refractivity contribution >= 4 is 34.0 Å². The highest BCUT2D eigenvalue weighted by molar-refractivity contribution is 7.16. The van der Waals surface area contributed by atoms with Crippen molar-refractivity contribution in [3.63, 3.8) is 0 Å². The lowest BCUT2D eigenvalue weighted by molar-refractivity contribution is -0.118. The van der Waals surface area contributed by atoms with Crippen molar-refractivity contribution in [3.05, 3.63) is 59.0 Å². The first-order valence-corrected chi connectivity index (χ1v) is 10.7. The van der Waals surface area contributed by atoms with Gasteiger partial charge >= 0.3 is 0 Å². The van der Waals surface area contributed by atoms with Crippen molar-refractivity contribution in [2.45, 2.75) is 26.7 Å². The van der Waals surface area contributed by atoms with Crippen molar-refractivity contribution in [2.75, 3.05) is 23.4 Å². The molecule has 7 heteroatoms. The summed E-state index contributed by atoms with van der Waals surface area (Å²) in [6, 6.07) is 15.4. The van der Waals surface area contributed by atoms with Gasteiger partial charge in [-0.05, 0) is 44.5 Å². The van der Waals surface area contributed by atoms with Gasteiger partial charge in [0.2, 0.25) is 5.91 Å². The van der Waals surface area contributed by atoms with Gasteiger partial charge in [-0.1, -0.05) is 29.8 Å². The predicted molar refractivity (Wildman–Crippen MR) is 119 cm³/mol. The number of amides is 2. The van der Waals surface area contributed by atoms with Gasteiger partial charge < -0.3 is 9.64 Å². The molecule has 1 N–H and O–H groups in total. The summed E-state index contributed by atoms with van der Waals surface area (Å²) in [7, 11) is 0. The van der Waals surface area contributed by atoms with Crippen molar-refractivity contribution < 1.29 is 14.3 Å². The molecule has 6 nitrogen and oxygen atoms in total. The van der Waals surface area contributed by atoms with E-state index in [1.807, 2.05) is 50.2 Å². The molecule has 1 aromatic heterocycles. The molecule has 30 heavy (non-hydrogen) atoms. The Morgan fingerprint density at radius 2 is 1.87 bits per heavy atom. The van der Waals surface area contributed by atoms with E-state index in [9.17, 15) is 9.59 Å². The molecular formula is C23H23N3O3S. The highest BCUT2D eigenvalue weighted by atomic mass is 32.1. The van der Waals surface area contributed by atoms with E-state index < -0.39 is 0 Å². The van der Waals surface area contributed by atoms with E-state index in [1.165, 1.54) is 16.9 Å². The van der Waals surface area contributed by atoms with E-state index in [1.54, 1.807) is 17.0 Å². The highest BCUT2D eigenvalue weighted by Gasteiger charge is 2.21. The Balaban J connectivity index is 1.33. The Kier molecular flexibility index (Phi) is 5.81. The number of carbonyl (C=O) groups excluding carboxylic acids is 2. The molecule has 0 unspecified atom stereocenters. The van der Waals surface area contributed by atoms with Gasteiger partial charge in [-0.3, -0.25) is 14.9 Å². The molecule has 2 aromatic carbocycles. The van der Waals surface area contributed by atoms with E-state index in [4.69, 9.17) is 4.74 Å². The van der Waals surface area contributed by atoms with Crippen LogP contribution in [0.2, 0.25) is 0 Å². The molecule has 0 bridgehead atoms. The minimum atomic E-state index is -0.266. The highest BCUT2D eigenvalue weighted by Crippen LogP contribution is 2.30. The monoisotopic (exact) mass is 421 g/mol. The molecular weight excluding hydrogens is 398 g/mol. The normalized spacial score (nSPS) is 13.5. The zero-order valence-corrected chi connectivity index (χ0v) is 17.8. The molecule has 0 radical (unpaired) electrons. The molecule has 1 saturated heterocycles. The number of aryl methyl sites for hydroxylation is 2. The average Bonchev–Trinajstić information content (AvgIpc) is 3.32. The quantitative estimate of drug-likeness (QED) is 0.633. The van der Waals surface area contributed by atoms with Crippen LogP contribution in [0.4, 0.5) is 10.8 Å². The molecule has 2 amide bonds. The molecule has 1 aliphatic heterocycles. The van der Waals surface area contributed by atoms with Crippen LogP contribution < -0.4 is 15.0 Å². The van der Waals surface area contributed by atoms with Crippen LogP contribution in [0.5, 0.6) is 5.75 Å². The fourth-order valence-electron chi connectivity index (χ4n) is 3.38. The van der Waals surface area contributed by atoms with Crippen molar-refractivity contribution in [1.82, 2.24) is 4.98 Å². The maximum atomic E-state index is 12.3. The number of nitrogens with one attached hydrogen (secondary N) is 1. The smallest absolute Gasteiger partial charge is 0.264 e. The number of anilines is 2. The van der Waals surface area contributed by atoms with Gasteiger partial charge in [-0.2, -0.15) is 0 Å². The van der Waals surface area contributed by atoms with E-state index in [0.29, 0.717) is 17.3 Å². The lowest BCUT2D eigenvalue weighted by Crippen LogP contribution is -2.23. The Bertz CT molecular complexity index is 1060. The fourth-order valence-corrected chi connectivity index (χ4v) is 4.23. The molecule has 0 aliphatic carbocycles. The summed E-state index contributed by atoms with van der Waals surface area (Å²) >= 11 is 1.44. The third-order valence-corrected chi connectivity index (χ3v) is 5.85. The second-order valence-electron chi connectivity index (χ2n) is 7.27. The summed E-state index contributed by atoms with van der Waals surface area (Å²) in [5.41, 5.74) is 3.96. The topological polar surface area (TPSA) is 71.5 Å². The van der Waals surface area contributed by atoms with Crippen molar-refractivity contribution in [1.29, 1.82) is 0 Å². The van der Waals surface area contributed by atoms with E-state index in [-0.39, 0.29) is 18.4 Å². The first-order chi connectivity index (χ1) is 14.5. The van der Waals surface area contributed by atoms with Crippen LogP contribution in [0.1, 0.15) is 23.3 Å². The third kappa shape index (κ3) is 4.52. The molecule has 1 fully saturated rings. The number of ether oxygens (including phenoxy) is 1. The van der Waals surface area contributed by atoms with Crippen molar-refractivity contribution in [2.24, 2.45) is 0 Å². The van der Waals surface area contributed by atoms with Gasteiger partial charge in [0, 0.05) is 29.1 Å². The van der Waals surface area contributed by atoms with Crippen molar-refractivity contribution in [3.8, 4) is 17.0 Å². The summed E-state index contributed by atoms with van der Waals surface area (Å²) in [6.07, 6.45) is 1.49. The standard InChI is InChI=1S/C23H23N3O3S/c1-15-5-7-17(8-6-15)22-16(2)30-23(25-22)24-20(27)14-29-19-11-9-18(10-12-19)26-13-3-4-21(26)28/h5-12H,3-4,13-14H2,1-2H3,(H,24,25,27). The van der Waals surface area contributed by atoms with Crippen LogP contribution in [0.3, 0.4) is 0 Å². The summed E-state index contributed by atoms with van der Waals surface area (Å²) in [6.45, 7) is 4.67. The lowest BCUT2D eigenvalue weighted by Gasteiger charge is -2.16. The summed E-state index contributed by atoms with van der Waals surface area (Å²) in [5.74, 6) is 0.459. The molecule has 0 spiro atoms. The number of hydrogen-bond acceptors (Lipinski definition) is 5. The average molecular weight is 422 g/mol. The third-order valence-electron chi connectivity index (χ3n) is 4.96. The molecule has 2 heterocycles. The Morgan fingerprint density at radius 1 is 1.13 bits per heavy atom. The Hall–Kier alpha value is -3.19. The molecule has 0 atom stereocenters. The molecule has 1 aliphatic rings. The van der Waals surface area contributed by atoms with Gasteiger partial charge in [0.1, 0.15) is 5.75 Å². The van der Waals surface area contributed by atoms with Gasteiger partial charge in [-0.15, -0.1) is 11.3 Å². The predicted octanol–water partition coefficient (Wildman–Crippen LogP) is 4.57. The molecule has 154 valence electrons. The van der Waals surface area contributed by atoms with Crippen LogP contribution in [-0.4, -0.2) is 29.9 Å². The van der Waals surface area contributed by atoms with Crippen LogP contribution in [0, 0.1) is 13.8 Å². The van der Waals surface area contributed by atoms with E-state index >= 15 is 0 Å². The first kappa shape index (κ1) is 20.1. The second-order valence-corrected chi connectivity index (χ2v) is 8.47. The van der Waals surface area contributed by atoms with Gasteiger partial charge in [0.05, 0.1) is 5.69 Å². The van der Waals surface area contributed by atoms with Gasteiger partial charge in [0.25, 0.3) is 5.91 Å². The number of aromatic nitrogens is 1. The second kappa shape index (κ2) is 8.67. The number of thiazole rings is 1. The number of carbonyl (C=O) groups is 2. The fraction of sp³-hybridized carbons (Fsp3) is 0.261. The molecule has 3 aromatic rings. The van der Waals surface area contributed by atoms with Crippen LogP contribution in [0.15, 0.2) is 48.5 Å². The number of nitrogens with zero attached hydrogens (tertiary/aromatic N) is 2. The SMILES string of the molecule is Cc1ccc(-c2nc(NC(=O)COc3ccc(N4CCCC4=O)cc3)sc2C)cc1. The van der Waals surface area contributed by atoms with Crippen LogP contribution in [0.25, 0.3) is 11.3 Å². The minimum absolute atomic E-state index is 0.111. The summed E-state index contributed by atoms with van der Waals surface area (Å²) in [5, 5.41) is 3.36. The number of hydrogen-bond donors (Lipinski definition) is 1. The van der Waals surface area contributed by atoms with Crippen LogP contribution in [-0.2, 0) is 9.59 Å². The zero-order chi connectivity index (χ0) is 21.1. The van der Waals surface area contributed by atoms with E-state index in [2.05, 4.69) is 10.3 Å². The first-order valence-electron chi connectivity index (χ1n) is 9.87. The van der Waals surface area contributed by atoms with Gasteiger partial charge in [0.15, 0.2) is 11.7 Å². The summed E-state index contributed by atoms with van der Waals surface area (Å²) in [4.78, 5) is 31.5. The maximum absolute atomic E-state index is 12.3. The van der Waals surface area contributed by atoms with Gasteiger partial charge in [-0.25, -0.2) is 4.98 Å². The maximum Gasteiger partial charge on any atom is 0.264 e. The largest absolute Gasteiger partial charge is 0.484 e. The Labute approximate surface area is 179 Å². The molecule has 0 saturated carbocycles. The number of rotatable bonds is 6. The van der Waals surface area contributed by atoms with Crippen LogP contribution >= 0.6 is 11.3 Å². The summed E-state index contributed by atoms with van der Waals surface area (Å²) < 4.78 is 5.58. The zero-order valence-electron chi connectivity index (χ0n) is 17.0. The molecule has 4 rings (SSSR count).